The first kappa shape index (κ1) is 16.4. The molecule has 0 aliphatic rings. The zero-order valence-corrected chi connectivity index (χ0v) is 13.3. The van der Waals surface area contributed by atoms with Gasteiger partial charge >= 0.3 is 0 Å². The highest BCUT2D eigenvalue weighted by atomic mass is 79.9. The maximum Gasteiger partial charge on any atom is 0.185 e. The molecule has 0 aliphatic heterocycles. The van der Waals surface area contributed by atoms with Crippen LogP contribution >= 0.6 is 27.5 Å². The summed E-state index contributed by atoms with van der Waals surface area (Å²) in [5, 5.41) is 1.19. The number of halogens is 2. The number of rotatable bonds is 7. The topological polar surface area (TPSA) is 51.2 Å². The average Bonchev–Trinajstić information content (AvgIpc) is 2.34. The van der Waals surface area contributed by atoms with Crippen molar-refractivity contribution < 1.29 is 13.2 Å². The highest BCUT2D eigenvalue weighted by Gasteiger charge is 2.18. The second-order valence-electron chi connectivity index (χ2n) is 3.92. The Morgan fingerprint density at radius 1 is 1.21 bits per heavy atom. The maximum absolute atomic E-state index is 12.0. The molecule has 0 N–H and O–H groups in total. The lowest BCUT2D eigenvalue weighted by atomic mass is 10.2. The van der Waals surface area contributed by atoms with Crippen LogP contribution in [0.3, 0.4) is 0 Å². The number of ketones is 1. The van der Waals surface area contributed by atoms with E-state index in [1.165, 1.54) is 24.3 Å². The Labute approximate surface area is 126 Å². The molecule has 0 saturated heterocycles. The molecule has 0 unspecified atom stereocenters. The molecular weight excluding hydrogens is 352 g/mol. The highest BCUT2D eigenvalue weighted by Crippen LogP contribution is 2.16. The van der Waals surface area contributed by atoms with Crippen LogP contribution in [0.2, 0.25) is 5.02 Å². The van der Waals surface area contributed by atoms with Crippen molar-refractivity contribution in [2.24, 2.45) is 0 Å². The minimum Gasteiger partial charge on any atom is -0.299 e. The van der Waals surface area contributed by atoms with E-state index in [0.717, 1.165) is 5.33 Å². The molecule has 6 heteroatoms. The van der Waals surface area contributed by atoms with Crippen molar-refractivity contribution in [3.8, 4) is 0 Å². The van der Waals surface area contributed by atoms with Gasteiger partial charge in [0.1, 0.15) is 11.5 Å². The Balaban J connectivity index is 2.62. The van der Waals surface area contributed by atoms with Gasteiger partial charge in [-0.05, 0) is 30.7 Å². The van der Waals surface area contributed by atoms with Gasteiger partial charge in [0.15, 0.2) is 9.84 Å². The average molecular weight is 366 g/mol. The molecule has 0 saturated carbocycles. The van der Waals surface area contributed by atoms with E-state index in [9.17, 15) is 13.2 Å². The van der Waals surface area contributed by atoms with Crippen LogP contribution in [0.25, 0.3) is 0 Å². The van der Waals surface area contributed by atoms with E-state index < -0.39 is 15.6 Å². The van der Waals surface area contributed by atoms with Gasteiger partial charge < -0.3 is 0 Å². The lowest BCUT2D eigenvalue weighted by Crippen LogP contribution is -2.15. The molecule has 0 heterocycles. The normalized spacial score (nSPS) is 11.9. The largest absolute Gasteiger partial charge is 0.299 e. The quantitative estimate of drug-likeness (QED) is 0.549. The van der Waals surface area contributed by atoms with Gasteiger partial charge in [-0.15, -0.1) is 0 Å². The van der Waals surface area contributed by atoms with Gasteiger partial charge in [0.25, 0.3) is 0 Å². The Morgan fingerprint density at radius 2 is 1.84 bits per heavy atom. The van der Waals surface area contributed by atoms with Gasteiger partial charge in [-0.1, -0.05) is 39.7 Å². The van der Waals surface area contributed by atoms with Crippen LogP contribution in [-0.2, 0) is 14.6 Å². The van der Waals surface area contributed by atoms with Gasteiger partial charge in [0, 0.05) is 16.8 Å². The lowest BCUT2D eigenvalue weighted by molar-refractivity contribution is -0.116. The molecular formula is C13H14BrClO3S. The molecule has 19 heavy (non-hydrogen) atoms. The number of hydrogen-bond acceptors (Lipinski definition) is 3. The highest BCUT2D eigenvalue weighted by molar-refractivity contribution is 9.09. The van der Waals surface area contributed by atoms with Crippen molar-refractivity contribution in [1.29, 1.82) is 0 Å². The zero-order chi connectivity index (χ0) is 14.3. The summed E-state index contributed by atoms with van der Waals surface area (Å²) in [4.78, 5) is 11.7. The SMILES string of the molecule is O=C(CC/C=C/CBr)CS(=O)(=O)c1ccc(Cl)cc1. The predicted molar refractivity (Wildman–Crippen MR) is 80.7 cm³/mol. The number of carbonyl (C=O) groups is 1. The van der Waals surface area contributed by atoms with Crippen molar-refractivity contribution in [3.63, 3.8) is 0 Å². The van der Waals surface area contributed by atoms with Crippen LogP contribution in [0.1, 0.15) is 12.8 Å². The van der Waals surface area contributed by atoms with E-state index in [-0.39, 0.29) is 17.1 Å². The minimum atomic E-state index is -3.56. The van der Waals surface area contributed by atoms with Crippen LogP contribution in [-0.4, -0.2) is 25.3 Å². The Bertz CT molecular complexity index is 550. The number of allylic oxidation sites excluding steroid dienone is 2. The maximum atomic E-state index is 12.0. The summed E-state index contributed by atoms with van der Waals surface area (Å²) in [6.45, 7) is 0. The van der Waals surface area contributed by atoms with E-state index in [4.69, 9.17) is 11.6 Å². The number of hydrogen-bond donors (Lipinski definition) is 0. The minimum absolute atomic E-state index is 0.126. The molecule has 0 bridgehead atoms. The smallest absolute Gasteiger partial charge is 0.185 e. The van der Waals surface area contributed by atoms with Crippen LogP contribution < -0.4 is 0 Å². The van der Waals surface area contributed by atoms with Crippen LogP contribution in [0, 0.1) is 0 Å². The number of benzene rings is 1. The molecule has 0 spiro atoms. The molecule has 0 radical (unpaired) electrons. The van der Waals surface area contributed by atoms with Crippen molar-refractivity contribution in [3.05, 3.63) is 41.4 Å². The third-order valence-corrected chi connectivity index (χ3v) is 4.69. The van der Waals surface area contributed by atoms with E-state index in [1.807, 2.05) is 12.2 Å². The number of alkyl halides is 1. The van der Waals surface area contributed by atoms with Gasteiger partial charge in [0.05, 0.1) is 4.90 Å². The van der Waals surface area contributed by atoms with Crippen molar-refractivity contribution >= 4 is 43.2 Å². The molecule has 1 aromatic rings. The molecule has 0 aromatic heterocycles. The van der Waals surface area contributed by atoms with Crippen LogP contribution in [0.15, 0.2) is 41.3 Å². The molecule has 0 aliphatic carbocycles. The van der Waals surface area contributed by atoms with Gasteiger partial charge in [-0.2, -0.15) is 0 Å². The van der Waals surface area contributed by atoms with E-state index in [2.05, 4.69) is 15.9 Å². The first-order valence-corrected chi connectivity index (χ1v) is 8.82. The zero-order valence-electron chi connectivity index (χ0n) is 10.2. The van der Waals surface area contributed by atoms with Gasteiger partial charge in [-0.25, -0.2) is 8.42 Å². The molecule has 3 nitrogen and oxygen atoms in total. The first-order chi connectivity index (χ1) is 8.95. The number of sulfone groups is 1. The van der Waals surface area contributed by atoms with Gasteiger partial charge in [0.2, 0.25) is 0 Å². The van der Waals surface area contributed by atoms with Gasteiger partial charge in [-0.3, -0.25) is 4.79 Å². The first-order valence-electron chi connectivity index (χ1n) is 5.66. The monoisotopic (exact) mass is 364 g/mol. The van der Waals surface area contributed by atoms with Crippen molar-refractivity contribution in [1.82, 2.24) is 0 Å². The van der Waals surface area contributed by atoms with E-state index >= 15 is 0 Å². The van der Waals surface area contributed by atoms with Crippen molar-refractivity contribution in [2.45, 2.75) is 17.7 Å². The summed E-state index contributed by atoms with van der Waals surface area (Å²) in [6, 6.07) is 5.82. The summed E-state index contributed by atoms with van der Waals surface area (Å²) >= 11 is 8.92. The molecule has 0 atom stereocenters. The summed E-state index contributed by atoms with van der Waals surface area (Å²) in [7, 11) is -3.56. The number of carbonyl (C=O) groups excluding carboxylic acids is 1. The second kappa shape index (κ2) is 7.82. The fourth-order valence-electron chi connectivity index (χ4n) is 1.43. The summed E-state index contributed by atoms with van der Waals surface area (Å²) in [6.07, 6.45) is 4.51. The standard InChI is InChI=1S/C13H14BrClO3S/c14-9-3-1-2-4-12(16)10-19(17,18)13-7-5-11(15)6-8-13/h1,3,5-8H,2,4,9-10H2/b3-1+. The fourth-order valence-corrected chi connectivity index (χ4v) is 3.11. The van der Waals surface area contributed by atoms with Crippen molar-refractivity contribution in [2.75, 3.05) is 11.1 Å². The third-order valence-electron chi connectivity index (χ3n) is 2.37. The third kappa shape index (κ3) is 5.89. The van der Waals surface area contributed by atoms with Crippen LogP contribution in [0.4, 0.5) is 0 Å². The number of Topliss-reactive ketones (excluding diaryl/α,β-unsaturated/α-hetero) is 1. The van der Waals surface area contributed by atoms with E-state index in [1.54, 1.807) is 0 Å². The Hall–Kier alpha value is -0.650. The van der Waals surface area contributed by atoms with E-state index in [0.29, 0.717) is 11.4 Å². The Kier molecular flexibility index (Phi) is 6.75. The Morgan fingerprint density at radius 3 is 2.42 bits per heavy atom. The lowest BCUT2D eigenvalue weighted by Gasteiger charge is -2.03. The summed E-state index contributed by atoms with van der Waals surface area (Å²) in [5.74, 6) is -0.745. The summed E-state index contributed by atoms with van der Waals surface area (Å²) in [5.41, 5.74) is 0. The summed E-state index contributed by atoms with van der Waals surface area (Å²) < 4.78 is 23.9. The second-order valence-corrected chi connectivity index (χ2v) is 6.99. The molecule has 0 fully saturated rings. The molecule has 0 amide bonds. The fraction of sp³-hybridized carbons (Fsp3) is 0.308. The molecule has 104 valence electrons. The van der Waals surface area contributed by atoms with Crippen LogP contribution in [0.5, 0.6) is 0 Å². The molecule has 1 aromatic carbocycles. The molecule has 1 rings (SSSR count). The predicted octanol–water partition coefficient (Wildman–Crippen LogP) is 3.41.